The van der Waals surface area contributed by atoms with E-state index in [-0.39, 0.29) is 2.85 Å². The van der Waals surface area contributed by atoms with Crippen LogP contribution in [0.15, 0.2) is 4.99 Å². The molecule has 0 saturated carbocycles. The minimum Gasteiger partial charge on any atom is -0.375 e. The number of aliphatic imine (C=N–C) groups is 1. The first kappa shape index (κ1) is 7.54. The van der Waals surface area contributed by atoms with Crippen LogP contribution in [0.5, 0.6) is 0 Å². The Morgan fingerprint density at radius 3 is 2.20 bits per heavy atom. The minimum absolute atomic E-state index is 0. The fourth-order valence-electron chi connectivity index (χ4n) is 0.948. The van der Waals surface area contributed by atoms with Gasteiger partial charge in [0, 0.05) is 9.40 Å². The Labute approximate surface area is 64.9 Å². The van der Waals surface area contributed by atoms with Crippen molar-refractivity contribution in [2.75, 3.05) is 26.2 Å². The summed E-state index contributed by atoms with van der Waals surface area (Å²) in [6.07, 6.45) is 4.51. The molecule has 0 atom stereocenters. The second-order valence-electron chi connectivity index (χ2n) is 2.45. The van der Waals surface area contributed by atoms with E-state index < -0.39 is 0 Å². The molecule has 10 heavy (non-hydrogen) atoms. The van der Waals surface area contributed by atoms with Crippen LogP contribution in [0.2, 0.25) is 0 Å². The van der Waals surface area contributed by atoms with Crippen molar-refractivity contribution in [3.63, 3.8) is 0 Å². The van der Waals surface area contributed by atoms with E-state index in [1.165, 1.54) is 25.9 Å². The summed E-state index contributed by atoms with van der Waals surface area (Å²) < 4.78 is 0. The Balaban J connectivity index is 0. The second kappa shape index (κ2) is 5.23. The Hall–Kier alpha value is -0.570. The fraction of sp³-hybridized carbons (Fsp3) is 0.857. The quantitative estimate of drug-likeness (QED) is 0.520. The Morgan fingerprint density at radius 2 is 2.00 bits per heavy atom. The average molecular weight is 145 g/mol. The minimum atomic E-state index is 0. The summed E-state index contributed by atoms with van der Waals surface area (Å²) in [6.45, 7) is 4.49. The predicted octanol–water partition coefficient (Wildman–Crippen LogP) is 0.480. The van der Waals surface area contributed by atoms with Crippen LogP contribution in [0.3, 0.4) is 0 Å². The Morgan fingerprint density at radius 1 is 1.20 bits per heavy atom. The Kier molecular flexibility index (Phi) is 3.94. The number of hydrogen-bond donors (Lipinski definition) is 2. The van der Waals surface area contributed by atoms with Gasteiger partial charge in [-0.25, -0.2) is 0 Å². The van der Waals surface area contributed by atoms with Gasteiger partial charge in [0.2, 0.25) is 0 Å². The van der Waals surface area contributed by atoms with Crippen molar-refractivity contribution in [2.24, 2.45) is 4.99 Å². The molecule has 0 bridgehead atoms. The molecule has 2 aliphatic heterocycles. The first-order chi connectivity index (χ1) is 5.00. The van der Waals surface area contributed by atoms with Crippen LogP contribution in [0, 0.1) is 0 Å². The number of nitrogens with one attached hydrogen (secondary N) is 2. The molecule has 2 N–H and O–H groups in total. The highest BCUT2D eigenvalue weighted by molar-refractivity contribution is 5.56. The molecular formula is C7H19N3. The maximum Gasteiger partial charge on any atom is 0.0825 e. The molecule has 0 spiro atoms. The molecule has 0 amide bonds. The van der Waals surface area contributed by atoms with E-state index in [4.69, 9.17) is 0 Å². The second-order valence-corrected chi connectivity index (χ2v) is 2.45. The molecule has 3 heteroatoms. The Bertz CT molecular complexity index is 91.2. The lowest BCUT2D eigenvalue weighted by molar-refractivity contribution is 0.857. The van der Waals surface area contributed by atoms with Gasteiger partial charge in [-0.2, -0.15) is 0 Å². The third kappa shape index (κ3) is 3.45. The van der Waals surface area contributed by atoms with Gasteiger partial charge in [0.25, 0.3) is 0 Å². The van der Waals surface area contributed by atoms with Crippen molar-refractivity contribution < 1.29 is 2.85 Å². The van der Waals surface area contributed by atoms with Crippen molar-refractivity contribution in [1.29, 1.82) is 0 Å². The molecule has 2 rings (SSSR count). The summed E-state index contributed by atoms with van der Waals surface area (Å²) in [6, 6.07) is 0. The van der Waals surface area contributed by atoms with E-state index in [0.717, 1.165) is 13.1 Å². The van der Waals surface area contributed by atoms with Crippen molar-refractivity contribution in [3.05, 3.63) is 0 Å². The van der Waals surface area contributed by atoms with Crippen molar-refractivity contribution in [2.45, 2.75) is 12.8 Å². The van der Waals surface area contributed by atoms with E-state index >= 15 is 0 Å². The molecular weight excluding hydrogens is 126 g/mol. The van der Waals surface area contributed by atoms with Gasteiger partial charge in [0.05, 0.1) is 12.9 Å². The molecule has 0 radical (unpaired) electrons. The van der Waals surface area contributed by atoms with Crippen molar-refractivity contribution in [3.8, 4) is 0 Å². The fourth-order valence-corrected chi connectivity index (χ4v) is 0.948. The van der Waals surface area contributed by atoms with Crippen molar-refractivity contribution >= 4 is 6.34 Å². The smallest absolute Gasteiger partial charge is 0.0825 e. The molecule has 0 aliphatic carbocycles. The van der Waals surface area contributed by atoms with Gasteiger partial charge in [0.15, 0.2) is 0 Å². The summed E-state index contributed by atoms with van der Waals surface area (Å²) in [5.41, 5.74) is 0. The van der Waals surface area contributed by atoms with Crippen LogP contribution >= 0.6 is 0 Å². The third-order valence-electron chi connectivity index (χ3n) is 1.52. The van der Waals surface area contributed by atoms with Gasteiger partial charge >= 0.3 is 0 Å². The number of nitrogens with zero attached hydrogens (tertiary/aromatic N) is 1. The van der Waals surface area contributed by atoms with E-state index in [2.05, 4.69) is 15.6 Å². The third-order valence-corrected chi connectivity index (χ3v) is 1.52. The molecule has 0 unspecified atom stereocenters. The summed E-state index contributed by atoms with van der Waals surface area (Å²) in [5, 5.41) is 6.15. The summed E-state index contributed by atoms with van der Waals surface area (Å²) in [5.74, 6) is 0. The SMILES string of the molecule is C1=NCCN1.C1CCNC1.[HH].[HH]. The lowest BCUT2D eigenvalue weighted by Crippen LogP contribution is -2.04. The van der Waals surface area contributed by atoms with Gasteiger partial charge < -0.3 is 10.6 Å². The molecule has 1 saturated heterocycles. The highest BCUT2D eigenvalue weighted by Gasteiger charge is 1.93. The molecule has 3 nitrogen and oxygen atoms in total. The van der Waals surface area contributed by atoms with Gasteiger partial charge in [0.1, 0.15) is 0 Å². The first-order valence-corrected chi connectivity index (χ1v) is 3.92. The lowest BCUT2D eigenvalue weighted by atomic mass is 10.4. The predicted molar refractivity (Wildman–Crippen MR) is 47.7 cm³/mol. The van der Waals surface area contributed by atoms with Gasteiger partial charge in [-0.1, -0.05) is 0 Å². The van der Waals surface area contributed by atoms with Crippen LogP contribution in [-0.2, 0) is 0 Å². The van der Waals surface area contributed by atoms with E-state index in [1.54, 1.807) is 6.34 Å². The monoisotopic (exact) mass is 145 g/mol. The van der Waals surface area contributed by atoms with Gasteiger partial charge in [-0.3, -0.25) is 4.99 Å². The van der Waals surface area contributed by atoms with Crippen LogP contribution in [0.25, 0.3) is 0 Å². The zero-order valence-electron chi connectivity index (χ0n) is 6.27. The van der Waals surface area contributed by atoms with Crippen LogP contribution in [-0.4, -0.2) is 32.5 Å². The van der Waals surface area contributed by atoms with E-state index in [1.807, 2.05) is 0 Å². The highest BCUT2D eigenvalue weighted by atomic mass is 15.0. The molecule has 0 aromatic heterocycles. The lowest BCUT2D eigenvalue weighted by Gasteiger charge is -1.76. The topological polar surface area (TPSA) is 36.4 Å². The maximum atomic E-state index is 3.85. The first-order valence-electron chi connectivity index (χ1n) is 3.92. The summed E-state index contributed by atoms with van der Waals surface area (Å²) >= 11 is 0. The molecule has 0 aromatic rings. The maximum absolute atomic E-state index is 3.85. The largest absolute Gasteiger partial charge is 0.375 e. The molecule has 62 valence electrons. The van der Waals surface area contributed by atoms with Crippen LogP contribution in [0.1, 0.15) is 15.7 Å². The van der Waals surface area contributed by atoms with E-state index in [0.29, 0.717) is 0 Å². The van der Waals surface area contributed by atoms with Crippen LogP contribution in [0.4, 0.5) is 0 Å². The average Bonchev–Trinajstić information content (AvgIpc) is 2.67. The normalized spacial score (nSPS) is 21.6. The van der Waals surface area contributed by atoms with Crippen molar-refractivity contribution in [1.82, 2.24) is 10.6 Å². The summed E-state index contributed by atoms with van der Waals surface area (Å²) in [4.78, 5) is 3.85. The van der Waals surface area contributed by atoms with Gasteiger partial charge in [-0.15, -0.1) is 0 Å². The molecule has 2 aliphatic rings. The molecule has 1 fully saturated rings. The highest BCUT2D eigenvalue weighted by Crippen LogP contribution is 1.90. The zero-order chi connectivity index (χ0) is 7.07. The van der Waals surface area contributed by atoms with E-state index in [9.17, 15) is 0 Å². The molecule has 0 aromatic carbocycles. The number of rotatable bonds is 0. The van der Waals surface area contributed by atoms with Crippen LogP contribution < -0.4 is 10.6 Å². The summed E-state index contributed by atoms with van der Waals surface area (Å²) in [7, 11) is 0. The standard InChI is InChI=1S/C4H9N.C3H6N2.2H2/c1-2-4-5-3-1;1-2-5-3-4-1;;/h5H,1-4H2;3H,1-2H2,(H,4,5);2*1H. The number of hydrogen-bond acceptors (Lipinski definition) is 3. The molecule has 2 heterocycles. The van der Waals surface area contributed by atoms with Gasteiger partial charge in [-0.05, 0) is 25.9 Å². The zero-order valence-corrected chi connectivity index (χ0v) is 6.27.